The standard InChI is InChI=1S/C20H26N4O5S/c1-28-13-19-17-7-6-16(11-18(17)22-23-19)29-9-8-21-12-20(25)14-4-3-5-15(10-14)24-30(2,26)27/h3-7,10-11,20-21,24-25H,8-9,12-13H2,1-2H3,(H,22,23). The molecule has 1 heterocycles. The van der Waals surface area contributed by atoms with E-state index < -0.39 is 16.1 Å². The van der Waals surface area contributed by atoms with Crippen LogP contribution >= 0.6 is 0 Å². The van der Waals surface area contributed by atoms with E-state index in [1.807, 2.05) is 18.2 Å². The van der Waals surface area contributed by atoms with Crippen molar-refractivity contribution in [1.29, 1.82) is 0 Å². The fourth-order valence-corrected chi connectivity index (χ4v) is 3.57. The lowest BCUT2D eigenvalue weighted by Crippen LogP contribution is -2.26. The first-order chi connectivity index (χ1) is 14.4. The quantitative estimate of drug-likeness (QED) is 0.339. The molecule has 0 aliphatic heterocycles. The van der Waals surface area contributed by atoms with Crippen molar-refractivity contribution >= 4 is 26.6 Å². The molecular weight excluding hydrogens is 408 g/mol. The number of aromatic nitrogens is 2. The number of anilines is 1. The van der Waals surface area contributed by atoms with Gasteiger partial charge in [-0.15, -0.1) is 0 Å². The van der Waals surface area contributed by atoms with Gasteiger partial charge in [0.2, 0.25) is 10.0 Å². The van der Waals surface area contributed by atoms with E-state index in [0.29, 0.717) is 37.6 Å². The summed E-state index contributed by atoms with van der Waals surface area (Å²) in [6.45, 7) is 1.71. The lowest BCUT2D eigenvalue weighted by atomic mass is 10.1. The van der Waals surface area contributed by atoms with Gasteiger partial charge in [-0.25, -0.2) is 8.42 Å². The molecule has 0 fully saturated rings. The van der Waals surface area contributed by atoms with Crippen LogP contribution in [0.15, 0.2) is 42.5 Å². The van der Waals surface area contributed by atoms with E-state index >= 15 is 0 Å². The van der Waals surface area contributed by atoms with Crippen LogP contribution in [0.2, 0.25) is 0 Å². The van der Waals surface area contributed by atoms with E-state index in [9.17, 15) is 13.5 Å². The van der Waals surface area contributed by atoms with Crippen LogP contribution in [0.4, 0.5) is 5.69 Å². The number of H-pyrrole nitrogens is 1. The smallest absolute Gasteiger partial charge is 0.229 e. The Kier molecular flexibility index (Phi) is 7.27. The number of aliphatic hydroxyl groups is 1. The number of benzene rings is 2. The molecule has 1 atom stereocenters. The zero-order chi connectivity index (χ0) is 21.6. The van der Waals surface area contributed by atoms with Gasteiger partial charge in [0, 0.05) is 37.3 Å². The second-order valence-corrected chi connectivity index (χ2v) is 8.63. The van der Waals surface area contributed by atoms with Crippen molar-refractivity contribution in [2.75, 3.05) is 37.8 Å². The average Bonchev–Trinajstić information content (AvgIpc) is 3.09. The summed E-state index contributed by atoms with van der Waals surface area (Å²) in [6, 6.07) is 12.4. The van der Waals surface area contributed by atoms with Crippen LogP contribution in [0.3, 0.4) is 0 Å². The fourth-order valence-electron chi connectivity index (χ4n) is 3.01. The topological polar surface area (TPSA) is 126 Å². The van der Waals surface area contributed by atoms with Gasteiger partial charge >= 0.3 is 0 Å². The summed E-state index contributed by atoms with van der Waals surface area (Å²) in [5, 5.41) is 21.6. The molecular formula is C20H26N4O5S. The summed E-state index contributed by atoms with van der Waals surface area (Å²) in [5.74, 6) is 0.719. The van der Waals surface area contributed by atoms with Crippen molar-refractivity contribution in [3.63, 3.8) is 0 Å². The lowest BCUT2D eigenvalue weighted by Gasteiger charge is -2.14. The van der Waals surface area contributed by atoms with Gasteiger partial charge in [-0.05, 0) is 29.8 Å². The number of hydrogen-bond acceptors (Lipinski definition) is 7. The van der Waals surface area contributed by atoms with Crippen molar-refractivity contribution in [2.24, 2.45) is 0 Å². The molecule has 3 rings (SSSR count). The summed E-state index contributed by atoms with van der Waals surface area (Å²) in [4.78, 5) is 0. The van der Waals surface area contributed by atoms with Crippen molar-refractivity contribution in [1.82, 2.24) is 15.5 Å². The Balaban J connectivity index is 1.45. The van der Waals surface area contributed by atoms with E-state index in [1.165, 1.54) is 0 Å². The van der Waals surface area contributed by atoms with Gasteiger partial charge in [-0.3, -0.25) is 9.82 Å². The minimum atomic E-state index is -3.36. The summed E-state index contributed by atoms with van der Waals surface area (Å²) >= 11 is 0. The molecule has 0 aliphatic rings. The molecule has 4 N–H and O–H groups in total. The molecule has 1 aromatic heterocycles. The maximum absolute atomic E-state index is 11.3. The summed E-state index contributed by atoms with van der Waals surface area (Å²) in [7, 11) is -1.73. The summed E-state index contributed by atoms with van der Waals surface area (Å²) in [6.07, 6.45) is 0.312. The van der Waals surface area contributed by atoms with E-state index in [-0.39, 0.29) is 0 Å². The zero-order valence-electron chi connectivity index (χ0n) is 16.9. The monoisotopic (exact) mass is 434 g/mol. The number of aliphatic hydroxyl groups excluding tert-OH is 1. The zero-order valence-corrected chi connectivity index (χ0v) is 17.7. The maximum atomic E-state index is 11.3. The van der Waals surface area contributed by atoms with Gasteiger partial charge in [0.05, 0.1) is 30.2 Å². The van der Waals surface area contributed by atoms with Crippen LogP contribution in [0, 0.1) is 0 Å². The van der Waals surface area contributed by atoms with Crippen molar-refractivity contribution in [3.05, 3.63) is 53.7 Å². The van der Waals surface area contributed by atoms with E-state index in [1.54, 1.807) is 31.4 Å². The van der Waals surface area contributed by atoms with Gasteiger partial charge in [0.15, 0.2) is 0 Å². The third kappa shape index (κ3) is 6.17. The molecule has 0 saturated carbocycles. The second kappa shape index (κ2) is 9.90. The van der Waals surface area contributed by atoms with Crippen LogP contribution in [0.1, 0.15) is 17.4 Å². The van der Waals surface area contributed by atoms with Crippen molar-refractivity contribution in [2.45, 2.75) is 12.7 Å². The number of sulfonamides is 1. The van der Waals surface area contributed by atoms with Crippen LogP contribution in [-0.2, 0) is 21.4 Å². The molecule has 0 saturated heterocycles. The number of methoxy groups -OCH3 is 1. The van der Waals surface area contributed by atoms with E-state index in [0.717, 1.165) is 28.6 Å². The molecule has 1 unspecified atom stereocenters. The van der Waals surface area contributed by atoms with Gasteiger partial charge < -0.3 is 19.9 Å². The van der Waals surface area contributed by atoms with Gasteiger partial charge in [-0.1, -0.05) is 12.1 Å². The normalized spacial score (nSPS) is 12.8. The first-order valence-electron chi connectivity index (χ1n) is 9.41. The number of fused-ring (bicyclic) bond motifs is 1. The van der Waals surface area contributed by atoms with Gasteiger partial charge in [0.1, 0.15) is 12.4 Å². The number of nitrogens with zero attached hydrogens (tertiary/aromatic N) is 1. The highest BCUT2D eigenvalue weighted by Gasteiger charge is 2.10. The van der Waals surface area contributed by atoms with Crippen LogP contribution in [-0.4, -0.2) is 56.8 Å². The molecule has 0 bridgehead atoms. The Hall–Kier alpha value is -2.66. The first kappa shape index (κ1) is 22.0. The van der Waals surface area contributed by atoms with Crippen LogP contribution in [0.5, 0.6) is 5.75 Å². The molecule has 0 aliphatic carbocycles. The Bertz CT molecular complexity index is 1080. The molecule has 0 radical (unpaired) electrons. The molecule has 3 aromatic rings. The summed E-state index contributed by atoms with van der Waals surface area (Å²) in [5.41, 5.74) is 2.77. The van der Waals surface area contributed by atoms with Crippen molar-refractivity contribution in [3.8, 4) is 5.75 Å². The van der Waals surface area contributed by atoms with Gasteiger partial charge in [0.25, 0.3) is 0 Å². The minimum Gasteiger partial charge on any atom is -0.492 e. The Morgan fingerprint density at radius 1 is 1.23 bits per heavy atom. The highest BCUT2D eigenvalue weighted by molar-refractivity contribution is 7.92. The predicted octanol–water partition coefficient (Wildman–Crippen LogP) is 1.78. The number of aromatic amines is 1. The molecule has 162 valence electrons. The second-order valence-electron chi connectivity index (χ2n) is 6.88. The molecule has 0 spiro atoms. The molecule has 9 nitrogen and oxygen atoms in total. The Labute approximate surface area is 175 Å². The number of rotatable bonds is 11. The van der Waals surface area contributed by atoms with E-state index in [4.69, 9.17) is 9.47 Å². The molecule has 30 heavy (non-hydrogen) atoms. The molecule has 2 aromatic carbocycles. The number of hydrogen-bond donors (Lipinski definition) is 4. The largest absolute Gasteiger partial charge is 0.492 e. The predicted molar refractivity (Wildman–Crippen MR) is 115 cm³/mol. The van der Waals surface area contributed by atoms with Gasteiger partial charge in [-0.2, -0.15) is 5.10 Å². The average molecular weight is 435 g/mol. The highest BCUT2D eigenvalue weighted by atomic mass is 32.2. The third-order valence-electron chi connectivity index (χ3n) is 4.35. The SMILES string of the molecule is COCc1n[nH]c2cc(OCCNCC(O)c3cccc(NS(C)(=O)=O)c3)ccc12. The first-order valence-corrected chi connectivity index (χ1v) is 11.3. The number of nitrogens with one attached hydrogen (secondary N) is 3. The minimum absolute atomic E-state index is 0.311. The van der Waals surface area contributed by atoms with Crippen LogP contribution < -0.4 is 14.8 Å². The highest BCUT2D eigenvalue weighted by Crippen LogP contribution is 2.22. The fraction of sp³-hybridized carbons (Fsp3) is 0.350. The molecule has 10 heteroatoms. The Morgan fingerprint density at radius 3 is 2.83 bits per heavy atom. The maximum Gasteiger partial charge on any atom is 0.229 e. The Morgan fingerprint density at radius 2 is 2.07 bits per heavy atom. The number of ether oxygens (including phenoxy) is 2. The van der Waals surface area contributed by atoms with Crippen molar-refractivity contribution < 1.29 is 23.0 Å². The summed E-state index contributed by atoms with van der Waals surface area (Å²) < 4.78 is 35.9. The third-order valence-corrected chi connectivity index (χ3v) is 4.96. The van der Waals surface area contributed by atoms with E-state index in [2.05, 4.69) is 20.2 Å². The molecule has 0 amide bonds. The lowest BCUT2D eigenvalue weighted by molar-refractivity contribution is 0.172. The van der Waals surface area contributed by atoms with Crippen LogP contribution in [0.25, 0.3) is 10.9 Å².